The summed E-state index contributed by atoms with van der Waals surface area (Å²) in [6.07, 6.45) is 7.23. The normalized spacial score (nSPS) is 24.6. The van der Waals surface area contributed by atoms with Gasteiger partial charge in [-0.25, -0.2) is 0 Å². The second kappa shape index (κ2) is 4.55. The second-order valence-corrected chi connectivity index (χ2v) is 4.80. The summed E-state index contributed by atoms with van der Waals surface area (Å²) in [6.45, 7) is 2.30. The van der Waals surface area contributed by atoms with Crippen molar-refractivity contribution in [2.24, 2.45) is 5.92 Å². The third-order valence-corrected chi connectivity index (χ3v) is 4.19. The first-order chi connectivity index (χ1) is 4.84. The second-order valence-electron chi connectivity index (χ2n) is 3.21. The molecular weight excluding hydrogens is 160 g/mol. The fourth-order valence-corrected chi connectivity index (χ4v) is 2.65. The number of thiol groups is 1. The van der Waals surface area contributed by atoms with E-state index in [2.05, 4.69) is 18.6 Å². The van der Waals surface area contributed by atoms with Crippen molar-refractivity contribution in [3.63, 3.8) is 0 Å². The Morgan fingerprint density at radius 1 is 1.30 bits per heavy atom. The highest BCUT2D eigenvalue weighted by Gasteiger charge is 2.18. The van der Waals surface area contributed by atoms with Crippen molar-refractivity contribution < 1.29 is 0 Å². The highest BCUT2D eigenvalue weighted by Crippen LogP contribution is 2.33. The average molecular weight is 176 g/mol. The van der Waals surface area contributed by atoms with Crippen molar-refractivity contribution in [3.8, 4) is 0 Å². The van der Waals surface area contributed by atoms with E-state index < -0.39 is 0 Å². The third-order valence-electron chi connectivity index (χ3n) is 2.48. The van der Waals surface area contributed by atoms with Crippen molar-refractivity contribution in [1.29, 1.82) is 0 Å². The molecule has 1 rings (SSSR count). The summed E-state index contributed by atoms with van der Waals surface area (Å²) in [6, 6.07) is 0. The zero-order chi connectivity index (χ0) is 7.40. The monoisotopic (exact) mass is 176 g/mol. The van der Waals surface area contributed by atoms with E-state index in [9.17, 15) is 0 Å². The van der Waals surface area contributed by atoms with Gasteiger partial charge in [0.1, 0.15) is 0 Å². The van der Waals surface area contributed by atoms with Crippen LogP contribution in [0.5, 0.6) is 0 Å². The van der Waals surface area contributed by atoms with E-state index >= 15 is 0 Å². The summed E-state index contributed by atoms with van der Waals surface area (Å²) in [7, 11) is 1.73. The average Bonchev–Trinajstić information content (AvgIpc) is 2.05. The van der Waals surface area contributed by atoms with E-state index in [1.165, 1.54) is 32.1 Å². The zero-order valence-electron chi connectivity index (χ0n) is 6.55. The Balaban J connectivity index is 2.24. The van der Waals surface area contributed by atoms with Crippen LogP contribution in [-0.2, 0) is 0 Å². The number of rotatable bonds is 2. The number of hydrogen-bond donors (Lipinski definition) is 1. The maximum absolute atomic E-state index is 4.24. The Bertz CT molecular complexity index is 87.3. The van der Waals surface area contributed by atoms with Crippen molar-refractivity contribution in [3.05, 3.63) is 0 Å². The summed E-state index contributed by atoms with van der Waals surface area (Å²) >= 11 is 4.24. The molecule has 0 aromatic heterocycles. The Morgan fingerprint density at radius 3 is 2.40 bits per heavy atom. The molecule has 0 amide bonds. The largest absolute Gasteiger partial charge is 0.111 e. The van der Waals surface area contributed by atoms with Gasteiger partial charge in [-0.3, -0.25) is 0 Å². The quantitative estimate of drug-likeness (QED) is 0.496. The van der Waals surface area contributed by atoms with Gasteiger partial charge in [-0.1, -0.05) is 37.0 Å². The molecule has 1 fully saturated rings. The van der Waals surface area contributed by atoms with Crippen LogP contribution < -0.4 is 0 Å². The fourth-order valence-electron chi connectivity index (χ4n) is 1.69. The minimum absolute atomic E-state index is 0.767. The molecule has 0 radical (unpaired) electrons. The summed E-state index contributed by atoms with van der Waals surface area (Å²) in [5.74, 6) is 0.955. The van der Waals surface area contributed by atoms with E-state index in [0.717, 1.165) is 11.2 Å². The van der Waals surface area contributed by atoms with Gasteiger partial charge in [-0.2, -0.15) is 0 Å². The van der Waals surface area contributed by atoms with Gasteiger partial charge in [0, 0.05) is 5.25 Å². The van der Waals surface area contributed by atoms with E-state index in [1.807, 2.05) is 0 Å². The minimum atomic E-state index is 0.767. The number of hydrogen-bond acceptors (Lipinski definition) is 2. The lowest BCUT2D eigenvalue weighted by molar-refractivity contribution is 0.357. The van der Waals surface area contributed by atoms with E-state index in [0.29, 0.717) is 0 Å². The van der Waals surface area contributed by atoms with Crippen LogP contribution in [-0.4, -0.2) is 5.25 Å². The van der Waals surface area contributed by atoms with Crippen LogP contribution in [0.1, 0.15) is 39.0 Å². The van der Waals surface area contributed by atoms with Crippen molar-refractivity contribution >= 4 is 22.5 Å². The molecule has 60 valence electrons. The molecule has 1 aliphatic rings. The van der Waals surface area contributed by atoms with Crippen molar-refractivity contribution in [2.45, 2.75) is 44.3 Å². The standard InChI is InChI=1S/C8H16S2/c1-7(10-9)8-5-3-2-4-6-8/h7-9H,2-6H2,1H3. The molecule has 1 aliphatic carbocycles. The molecule has 0 heterocycles. The van der Waals surface area contributed by atoms with Gasteiger partial charge in [0.25, 0.3) is 0 Å². The van der Waals surface area contributed by atoms with Crippen LogP contribution in [0.4, 0.5) is 0 Å². The zero-order valence-corrected chi connectivity index (χ0v) is 8.26. The molecule has 0 bridgehead atoms. The van der Waals surface area contributed by atoms with Gasteiger partial charge < -0.3 is 0 Å². The maximum Gasteiger partial charge on any atom is 0.0149 e. The lowest BCUT2D eigenvalue weighted by atomic mass is 9.87. The van der Waals surface area contributed by atoms with Crippen molar-refractivity contribution in [1.82, 2.24) is 0 Å². The Hall–Kier alpha value is 0.700. The molecule has 2 heteroatoms. The smallest absolute Gasteiger partial charge is 0.0149 e. The molecule has 0 aromatic rings. The molecule has 1 saturated carbocycles. The first-order valence-corrected chi connectivity index (χ1v) is 6.08. The Kier molecular flexibility index (Phi) is 4.00. The molecule has 0 aromatic carbocycles. The van der Waals surface area contributed by atoms with Crippen LogP contribution in [0.2, 0.25) is 0 Å². The first-order valence-electron chi connectivity index (χ1n) is 4.15. The van der Waals surface area contributed by atoms with Gasteiger partial charge in [-0.05, 0) is 18.8 Å². The van der Waals surface area contributed by atoms with Gasteiger partial charge in [0.15, 0.2) is 0 Å². The highest BCUT2D eigenvalue weighted by atomic mass is 33.1. The van der Waals surface area contributed by atoms with Crippen LogP contribution in [0.25, 0.3) is 0 Å². The maximum atomic E-state index is 4.24. The van der Waals surface area contributed by atoms with Crippen LogP contribution in [0.15, 0.2) is 0 Å². The summed E-state index contributed by atoms with van der Waals surface area (Å²) < 4.78 is 0. The lowest BCUT2D eigenvalue weighted by Gasteiger charge is -2.25. The summed E-state index contributed by atoms with van der Waals surface area (Å²) in [4.78, 5) is 0. The first kappa shape index (κ1) is 8.79. The lowest BCUT2D eigenvalue weighted by Crippen LogP contribution is -2.15. The molecule has 0 saturated heterocycles. The van der Waals surface area contributed by atoms with E-state index in [1.54, 1.807) is 10.8 Å². The van der Waals surface area contributed by atoms with Gasteiger partial charge in [0.05, 0.1) is 0 Å². The fraction of sp³-hybridized carbons (Fsp3) is 1.00. The van der Waals surface area contributed by atoms with E-state index in [4.69, 9.17) is 0 Å². The molecule has 0 nitrogen and oxygen atoms in total. The molecule has 1 unspecified atom stereocenters. The predicted octanol–water partition coefficient (Wildman–Crippen LogP) is 3.53. The molecule has 0 aliphatic heterocycles. The topological polar surface area (TPSA) is 0 Å². The van der Waals surface area contributed by atoms with Crippen LogP contribution in [0.3, 0.4) is 0 Å². The highest BCUT2D eigenvalue weighted by molar-refractivity contribution is 8.68. The molecule has 0 N–H and O–H groups in total. The molecular formula is C8H16S2. The van der Waals surface area contributed by atoms with Gasteiger partial charge >= 0.3 is 0 Å². The Labute approximate surface area is 73.0 Å². The summed E-state index contributed by atoms with van der Waals surface area (Å²) in [5, 5.41) is 0.767. The van der Waals surface area contributed by atoms with E-state index in [-0.39, 0.29) is 0 Å². The van der Waals surface area contributed by atoms with Crippen LogP contribution in [0, 0.1) is 5.92 Å². The predicted molar refractivity (Wildman–Crippen MR) is 52.6 cm³/mol. The van der Waals surface area contributed by atoms with Crippen molar-refractivity contribution in [2.75, 3.05) is 0 Å². The van der Waals surface area contributed by atoms with Gasteiger partial charge in [-0.15, -0.1) is 11.7 Å². The van der Waals surface area contributed by atoms with Crippen LogP contribution >= 0.6 is 22.5 Å². The minimum Gasteiger partial charge on any atom is -0.111 e. The SMILES string of the molecule is CC(SS)C1CCCCC1. The van der Waals surface area contributed by atoms with Gasteiger partial charge in [0.2, 0.25) is 0 Å². The molecule has 1 atom stereocenters. The third kappa shape index (κ3) is 2.39. The summed E-state index contributed by atoms with van der Waals surface area (Å²) in [5.41, 5.74) is 0. The Morgan fingerprint density at radius 2 is 1.90 bits per heavy atom. The molecule has 10 heavy (non-hydrogen) atoms. The molecule has 0 spiro atoms.